The van der Waals surface area contributed by atoms with Crippen molar-refractivity contribution >= 4 is 23.5 Å². The first kappa shape index (κ1) is 22.5. The Kier molecular flexibility index (Phi) is 6.49. The Morgan fingerprint density at radius 3 is 2.58 bits per heavy atom. The summed E-state index contributed by atoms with van der Waals surface area (Å²) in [4.78, 5) is 26.0. The molecule has 1 aliphatic heterocycles. The number of rotatable bonds is 5. The fourth-order valence-corrected chi connectivity index (χ4v) is 3.27. The van der Waals surface area contributed by atoms with E-state index in [1.54, 1.807) is 9.58 Å². The SMILES string of the molecule is CC(C)(C)COC(=O)N1CCC(N)C(n2cc(C(N)=O)c(Nc3ccc(F)cc3)n2)C1. The zero-order valence-electron chi connectivity index (χ0n) is 18.0. The summed E-state index contributed by atoms with van der Waals surface area (Å²) in [6.07, 6.45) is 1.67. The van der Waals surface area contributed by atoms with Gasteiger partial charge in [-0.25, -0.2) is 9.18 Å². The van der Waals surface area contributed by atoms with E-state index in [1.165, 1.54) is 30.5 Å². The number of amides is 2. The largest absolute Gasteiger partial charge is 0.449 e. The predicted molar refractivity (Wildman–Crippen MR) is 114 cm³/mol. The lowest BCUT2D eigenvalue weighted by Crippen LogP contribution is -2.50. The molecule has 2 atom stereocenters. The van der Waals surface area contributed by atoms with Crippen LogP contribution in [0.2, 0.25) is 0 Å². The van der Waals surface area contributed by atoms with Crippen LogP contribution in [0.5, 0.6) is 0 Å². The lowest BCUT2D eigenvalue weighted by molar-refractivity contribution is 0.0564. The minimum absolute atomic E-state index is 0.138. The second kappa shape index (κ2) is 8.93. The second-order valence-corrected chi connectivity index (χ2v) is 8.95. The van der Waals surface area contributed by atoms with Gasteiger partial charge >= 0.3 is 6.09 Å². The van der Waals surface area contributed by atoms with Crippen LogP contribution in [-0.4, -0.2) is 52.4 Å². The maximum absolute atomic E-state index is 13.2. The number of anilines is 2. The maximum Gasteiger partial charge on any atom is 0.409 e. The van der Waals surface area contributed by atoms with Crippen molar-refractivity contribution in [3.8, 4) is 0 Å². The van der Waals surface area contributed by atoms with E-state index in [9.17, 15) is 14.0 Å². The molecule has 0 aliphatic carbocycles. The Morgan fingerprint density at radius 2 is 1.97 bits per heavy atom. The van der Waals surface area contributed by atoms with Crippen LogP contribution in [0.15, 0.2) is 30.5 Å². The number of piperidine rings is 1. The highest BCUT2D eigenvalue weighted by Crippen LogP contribution is 2.26. The number of nitrogens with zero attached hydrogens (tertiary/aromatic N) is 3. The molecule has 1 aliphatic rings. The van der Waals surface area contributed by atoms with E-state index in [-0.39, 0.29) is 34.7 Å². The van der Waals surface area contributed by atoms with Crippen LogP contribution in [0.4, 0.5) is 20.7 Å². The summed E-state index contributed by atoms with van der Waals surface area (Å²) in [5.41, 5.74) is 12.4. The third kappa shape index (κ3) is 5.72. The molecule has 3 rings (SSSR count). The average molecular weight is 433 g/mol. The van der Waals surface area contributed by atoms with Gasteiger partial charge in [-0.2, -0.15) is 5.10 Å². The van der Waals surface area contributed by atoms with Crippen molar-refractivity contribution in [1.82, 2.24) is 14.7 Å². The summed E-state index contributed by atoms with van der Waals surface area (Å²) in [6.45, 7) is 7.03. The Morgan fingerprint density at radius 1 is 1.29 bits per heavy atom. The van der Waals surface area contributed by atoms with Gasteiger partial charge in [0, 0.05) is 31.0 Å². The van der Waals surface area contributed by atoms with E-state index in [0.29, 0.717) is 31.8 Å². The number of carbonyl (C=O) groups excluding carboxylic acids is 2. The van der Waals surface area contributed by atoms with E-state index >= 15 is 0 Å². The van der Waals surface area contributed by atoms with E-state index in [1.807, 2.05) is 20.8 Å². The van der Waals surface area contributed by atoms with Crippen LogP contribution in [0.3, 0.4) is 0 Å². The summed E-state index contributed by atoms with van der Waals surface area (Å²) in [5.74, 6) is -0.807. The molecule has 10 heteroatoms. The highest BCUT2D eigenvalue weighted by Gasteiger charge is 2.33. The summed E-state index contributed by atoms with van der Waals surface area (Å²) < 4.78 is 20.1. The van der Waals surface area contributed by atoms with Crippen LogP contribution in [-0.2, 0) is 4.74 Å². The van der Waals surface area contributed by atoms with Gasteiger partial charge in [-0.3, -0.25) is 9.48 Å². The second-order valence-electron chi connectivity index (χ2n) is 8.95. The Balaban J connectivity index is 1.79. The third-order valence-corrected chi connectivity index (χ3v) is 4.97. The number of hydrogen-bond acceptors (Lipinski definition) is 6. The molecule has 2 amide bonds. The van der Waals surface area contributed by atoms with Crippen LogP contribution in [0, 0.1) is 11.2 Å². The first-order valence-corrected chi connectivity index (χ1v) is 10.1. The average Bonchev–Trinajstić information content (AvgIpc) is 3.11. The molecule has 31 heavy (non-hydrogen) atoms. The number of hydrogen-bond donors (Lipinski definition) is 3. The van der Waals surface area contributed by atoms with Crippen LogP contribution in [0.1, 0.15) is 43.6 Å². The van der Waals surface area contributed by atoms with Gasteiger partial charge in [-0.05, 0) is 36.1 Å². The van der Waals surface area contributed by atoms with E-state index < -0.39 is 12.0 Å². The molecule has 2 unspecified atom stereocenters. The lowest BCUT2D eigenvalue weighted by Gasteiger charge is -2.36. The number of benzene rings is 1. The predicted octanol–water partition coefficient (Wildman–Crippen LogP) is 2.62. The molecule has 2 aromatic rings. The van der Waals surface area contributed by atoms with Gasteiger partial charge < -0.3 is 26.4 Å². The molecule has 0 radical (unpaired) electrons. The van der Waals surface area contributed by atoms with E-state index in [4.69, 9.17) is 16.2 Å². The molecule has 2 heterocycles. The van der Waals surface area contributed by atoms with Gasteiger partial charge in [0.1, 0.15) is 11.4 Å². The smallest absolute Gasteiger partial charge is 0.409 e. The van der Waals surface area contributed by atoms with Crippen molar-refractivity contribution in [2.45, 2.75) is 39.3 Å². The number of carbonyl (C=O) groups is 2. The van der Waals surface area contributed by atoms with Crippen LogP contribution < -0.4 is 16.8 Å². The van der Waals surface area contributed by atoms with E-state index in [2.05, 4.69) is 10.4 Å². The summed E-state index contributed by atoms with van der Waals surface area (Å²) >= 11 is 0. The molecule has 0 bridgehead atoms. The van der Waals surface area contributed by atoms with Crippen LogP contribution in [0.25, 0.3) is 0 Å². The van der Waals surface area contributed by atoms with Gasteiger partial charge in [-0.1, -0.05) is 20.8 Å². The molecule has 1 saturated heterocycles. The van der Waals surface area contributed by atoms with E-state index in [0.717, 1.165) is 0 Å². The number of aromatic nitrogens is 2. The topological polar surface area (TPSA) is 128 Å². The molecule has 1 aromatic heterocycles. The molecular formula is C21H29FN6O3. The van der Waals surface area contributed by atoms with Crippen LogP contribution >= 0.6 is 0 Å². The number of ether oxygens (including phenoxy) is 1. The highest BCUT2D eigenvalue weighted by atomic mass is 19.1. The van der Waals surface area contributed by atoms with Crippen molar-refractivity contribution in [2.24, 2.45) is 16.9 Å². The quantitative estimate of drug-likeness (QED) is 0.666. The van der Waals surface area contributed by atoms with Crippen molar-refractivity contribution in [3.05, 3.63) is 41.8 Å². The zero-order chi connectivity index (χ0) is 22.8. The van der Waals surface area contributed by atoms with Gasteiger partial charge in [-0.15, -0.1) is 0 Å². The van der Waals surface area contributed by atoms with Crippen molar-refractivity contribution in [1.29, 1.82) is 0 Å². The van der Waals surface area contributed by atoms with Crippen molar-refractivity contribution in [2.75, 3.05) is 25.0 Å². The minimum Gasteiger partial charge on any atom is -0.449 e. The number of primary amides is 1. The molecule has 0 spiro atoms. The number of likely N-dealkylation sites (tertiary alicyclic amines) is 1. The third-order valence-electron chi connectivity index (χ3n) is 4.97. The van der Waals surface area contributed by atoms with Gasteiger partial charge in [0.05, 0.1) is 12.6 Å². The zero-order valence-corrected chi connectivity index (χ0v) is 18.0. The fraction of sp³-hybridized carbons (Fsp3) is 0.476. The van der Waals surface area contributed by atoms with Gasteiger partial charge in [0.15, 0.2) is 5.82 Å². The monoisotopic (exact) mass is 432 g/mol. The summed E-state index contributed by atoms with van der Waals surface area (Å²) in [6, 6.07) is 5.00. The fourth-order valence-electron chi connectivity index (χ4n) is 3.27. The highest BCUT2D eigenvalue weighted by molar-refractivity contribution is 5.98. The molecule has 1 fully saturated rings. The van der Waals surface area contributed by atoms with Gasteiger partial charge in [0.25, 0.3) is 5.91 Å². The first-order valence-electron chi connectivity index (χ1n) is 10.1. The molecule has 1 aromatic carbocycles. The standard InChI is InChI=1S/C21H29FN6O3/c1-21(2,3)12-31-20(30)27-9-8-16(23)17(11-27)28-10-15(18(24)29)19(26-28)25-14-6-4-13(22)5-7-14/h4-7,10,16-17H,8-9,11-12,23H2,1-3H3,(H2,24,29)(H,25,26). The normalized spacial score (nSPS) is 19.2. The lowest BCUT2D eigenvalue weighted by atomic mass is 9.99. The molecule has 9 nitrogen and oxygen atoms in total. The van der Waals surface area contributed by atoms with Crippen molar-refractivity contribution in [3.63, 3.8) is 0 Å². The van der Waals surface area contributed by atoms with Gasteiger partial charge in [0.2, 0.25) is 0 Å². The summed E-state index contributed by atoms with van der Waals surface area (Å²) in [7, 11) is 0. The molecular weight excluding hydrogens is 403 g/mol. The molecule has 0 saturated carbocycles. The number of nitrogens with one attached hydrogen (secondary N) is 1. The minimum atomic E-state index is -0.665. The number of nitrogens with two attached hydrogens (primary N) is 2. The Hall–Kier alpha value is -3.14. The molecule has 5 N–H and O–H groups in total. The first-order chi connectivity index (χ1) is 14.5. The Bertz CT molecular complexity index is 938. The Labute approximate surface area is 180 Å². The summed E-state index contributed by atoms with van der Waals surface area (Å²) in [5, 5.41) is 7.44. The maximum atomic E-state index is 13.2. The molecule has 168 valence electrons. The van der Waals surface area contributed by atoms with Crippen molar-refractivity contribution < 1.29 is 18.7 Å². The number of halogens is 1.